The number of hydrogen-bond donors (Lipinski definition) is 1. The molecule has 1 spiro atoms. The maximum absolute atomic E-state index is 6.27. The van der Waals surface area contributed by atoms with Gasteiger partial charge in [0.25, 0.3) is 0 Å². The first kappa shape index (κ1) is 11.9. The molecule has 17 heavy (non-hydrogen) atoms. The smallest absolute Gasteiger partial charge is 0.170 e. The van der Waals surface area contributed by atoms with Gasteiger partial charge in [-0.15, -0.1) is 0 Å². The minimum absolute atomic E-state index is 0.242. The van der Waals surface area contributed by atoms with E-state index < -0.39 is 0 Å². The van der Waals surface area contributed by atoms with Gasteiger partial charge in [-0.05, 0) is 6.42 Å². The highest BCUT2D eigenvalue weighted by atomic mass is 16.7. The molecule has 0 aromatic heterocycles. The van der Waals surface area contributed by atoms with Crippen molar-refractivity contribution in [2.75, 3.05) is 39.5 Å². The molecule has 0 radical (unpaired) electrons. The maximum Gasteiger partial charge on any atom is 0.170 e. The summed E-state index contributed by atoms with van der Waals surface area (Å²) in [4.78, 5) is 2.44. The molecule has 0 bridgehead atoms. The second-order valence-corrected chi connectivity index (χ2v) is 5.23. The van der Waals surface area contributed by atoms with Crippen LogP contribution >= 0.6 is 0 Å². The van der Waals surface area contributed by atoms with Crippen LogP contribution in [0.25, 0.3) is 0 Å². The van der Waals surface area contributed by atoms with Crippen LogP contribution in [0.1, 0.15) is 19.3 Å². The molecule has 1 saturated carbocycles. The van der Waals surface area contributed by atoms with Crippen molar-refractivity contribution in [3.8, 4) is 0 Å². The maximum atomic E-state index is 6.27. The van der Waals surface area contributed by atoms with Crippen molar-refractivity contribution < 1.29 is 14.2 Å². The quantitative estimate of drug-likeness (QED) is 0.698. The van der Waals surface area contributed by atoms with Crippen LogP contribution in [-0.2, 0) is 14.2 Å². The van der Waals surface area contributed by atoms with Gasteiger partial charge in [0.2, 0.25) is 0 Å². The van der Waals surface area contributed by atoms with E-state index in [4.69, 9.17) is 19.9 Å². The van der Waals surface area contributed by atoms with Gasteiger partial charge < -0.3 is 19.9 Å². The number of hydrogen-bond acceptors (Lipinski definition) is 5. The lowest BCUT2D eigenvalue weighted by molar-refractivity contribution is -0.194. The van der Waals surface area contributed by atoms with E-state index in [-0.39, 0.29) is 11.8 Å². The van der Waals surface area contributed by atoms with Crippen molar-refractivity contribution >= 4 is 0 Å². The molecule has 2 unspecified atom stereocenters. The van der Waals surface area contributed by atoms with Gasteiger partial charge in [-0.3, -0.25) is 4.90 Å². The zero-order chi connectivity index (χ0) is 11.7. The first-order chi connectivity index (χ1) is 8.29. The molecular formula is C12H22N2O3. The Morgan fingerprint density at radius 1 is 1.06 bits per heavy atom. The van der Waals surface area contributed by atoms with Gasteiger partial charge in [-0.1, -0.05) is 0 Å². The highest BCUT2D eigenvalue weighted by molar-refractivity contribution is 4.95. The summed E-state index contributed by atoms with van der Waals surface area (Å²) in [7, 11) is 0. The van der Waals surface area contributed by atoms with E-state index in [1.807, 2.05) is 0 Å². The summed E-state index contributed by atoms with van der Waals surface area (Å²) in [6, 6.07) is 0.622. The number of rotatable bonds is 1. The molecule has 3 fully saturated rings. The Hall–Kier alpha value is -0.200. The lowest BCUT2D eigenvalue weighted by Gasteiger charge is -2.45. The minimum atomic E-state index is -0.334. The Bertz CT molecular complexity index is 262. The standard InChI is InChI=1S/C12H22N2O3/c13-10-1-2-12(16-7-8-17-12)9-11(10)14-3-5-15-6-4-14/h10-11H,1-9,13H2. The molecule has 2 saturated heterocycles. The first-order valence-electron chi connectivity index (χ1n) is 6.64. The Kier molecular flexibility index (Phi) is 3.36. The largest absolute Gasteiger partial charge is 0.379 e. The highest BCUT2D eigenvalue weighted by Crippen LogP contribution is 2.37. The average Bonchev–Trinajstić information content (AvgIpc) is 2.82. The van der Waals surface area contributed by atoms with Gasteiger partial charge >= 0.3 is 0 Å². The van der Waals surface area contributed by atoms with Gasteiger partial charge in [-0.25, -0.2) is 0 Å². The molecular weight excluding hydrogens is 220 g/mol. The van der Waals surface area contributed by atoms with E-state index in [1.54, 1.807) is 0 Å². The highest BCUT2D eigenvalue weighted by Gasteiger charge is 2.45. The van der Waals surface area contributed by atoms with Gasteiger partial charge in [-0.2, -0.15) is 0 Å². The van der Waals surface area contributed by atoms with Crippen LogP contribution in [0, 0.1) is 0 Å². The molecule has 0 aromatic carbocycles. The molecule has 3 rings (SSSR count). The molecule has 2 heterocycles. The summed E-state index contributed by atoms with van der Waals surface area (Å²) in [6.07, 6.45) is 2.84. The molecule has 1 aliphatic carbocycles. The predicted octanol–water partition coefficient (Wildman–Crippen LogP) is -0.0585. The molecule has 2 atom stereocenters. The van der Waals surface area contributed by atoms with Crippen molar-refractivity contribution in [2.45, 2.75) is 37.1 Å². The van der Waals surface area contributed by atoms with Gasteiger partial charge in [0.1, 0.15) is 0 Å². The monoisotopic (exact) mass is 242 g/mol. The Balaban J connectivity index is 1.68. The molecule has 2 aliphatic heterocycles. The Morgan fingerprint density at radius 3 is 2.47 bits per heavy atom. The normalized spacial score (nSPS) is 38.6. The van der Waals surface area contributed by atoms with Crippen LogP contribution in [0.15, 0.2) is 0 Å². The number of morpholine rings is 1. The van der Waals surface area contributed by atoms with Gasteiger partial charge in [0.05, 0.1) is 26.4 Å². The average molecular weight is 242 g/mol. The third-order valence-electron chi connectivity index (χ3n) is 4.20. The zero-order valence-electron chi connectivity index (χ0n) is 10.3. The fraction of sp³-hybridized carbons (Fsp3) is 1.00. The number of nitrogens with two attached hydrogens (primary N) is 1. The number of ether oxygens (including phenoxy) is 3. The molecule has 5 nitrogen and oxygen atoms in total. The first-order valence-corrected chi connectivity index (χ1v) is 6.64. The van der Waals surface area contributed by atoms with Crippen molar-refractivity contribution in [1.82, 2.24) is 4.90 Å². The summed E-state index contributed by atoms with van der Waals surface area (Å²) in [6.45, 7) is 5.05. The van der Waals surface area contributed by atoms with E-state index in [9.17, 15) is 0 Å². The predicted molar refractivity (Wildman–Crippen MR) is 62.6 cm³/mol. The fourth-order valence-corrected chi connectivity index (χ4v) is 3.22. The van der Waals surface area contributed by atoms with Crippen molar-refractivity contribution in [3.63, 3.8) is 0 Å². The topological polar surface area (TPSA) is 57.0 Å². The van der Waals surface area contributed by atoms with Gasteiger partial charge in [0.15, 0.2) is 5.79 Å². The van der Waals surface area contributed by atoms with Crippen molar-refractivity contribution in [3.05, 3.63) is 0 Å². The van der Waals surface area contributed by atoms with E-state index in [0.29, 0.717) is 6.04 Å². The van der Waals surface area contributed by atoms with Crippen LogP contribution in [-0.4, -0.2) is 62.3 Å². The lowest BCUT2D eigenvalue weighted by Crippen LogP contribution is -2.58. The minimum Gasteiger partial charge on any atom is -0.379 e. The summed E-state index contributed by atoms with van der Waals surface area (Å²) < 4.78 is 17.0. The van der Waals surface area contributed by atoms with Crippen LogP contribution in [0.5, 0.6) is 0 Å². The third kappa shape index (κ3) is 2.35. The SMILES string of the molecule is NC1CCC2(CC1N1CCOCC1)OCCO2. The van der Waals surface area contributed by atoms with E-state index in [0.717, 1.165) is 58.8 Å². The Labute approximate surface area is 102 Å². The molecule has 5 heteroatoms. The summed E-state index contributed by atoms with van der Waals surface area (Å²) in [5.41, 5.74) is 6.27. The molecule has 0 aromatic rings. The number of nitrogens with zero attached hydrogens (tertiary/aromatic N) is 1. The summed E-state index contributed by atoms with van der Waals surface area (Å²) in [5, 5.41) is 0. The molecule has 2 N–H and O–H groups in total. The van der Waals surface area contributed by atoms with E-state index >= 15 is 0 Å². The Morgan fingerprint density at radius 2 is 1.76 bits per heavy atom. The van der Waals surface area contributed by atoms with Crippen LogP contribution in [0.3, 0.4) is 0 Å². The summed E-state index contributed by atoms with van der Waals surface area (Å²) >= 11 is 0. The van der Waals surface area contributed by atoms with Crippen molar-refractivity contribution in [1.29, 1.82) is 0 Å². The van der Waals surface area contributed by atoms with Gasteiger partial charge in [0, 0.05) is 38.0 Å². The molecule has 98 valence electrons. The third-order valence-corrected chi connectivity index (χ3v) is 4.20. The second-order valence-electron chi connectivity index (χ2n) is 5.23. The van der Waals surface area contributed by atoms with E-state index in [1.165, 1.54) is 0 Å². The van der Waals surface area contributed by atoms with Crippen molar-refractivity contribution in [2.24, 2.45) is 5.73 Å². The fourth-order valence-electron chi connectivity index (χ4n) is 3.22. The van der Waals surface area contributed by atoms with Crippen LogP contribution < -0.4 is 5.73 Å². The lowest BCUT2D eigenvalue weighted by atomic mass is 9.85. The molecule has 3 aliphatic rings. The zero-order valence-corrected chi connectivity index (χ0v) is 10.3. The van der Waals surface area contributed by atoms with Crippen LogP contribution in [0.4, 0.5) is 0 Å². The van der Waals surface area contributed by atoms with E-state index in [2.05, 4.69) is 4.90 Å². The van der Waals surface area contributed by atoms with Crippen LogP contribution in [0.2, 0.25) is 0 Å². The molecule has 0 amide bonds. The summed E-state index contributed by atoms with van der Waals surface area (Å²) in [5.74, 6) is -0.334. The second kappa shape index (κ2) is 4.82.